The van der Waals surface area contributed by atoms with Gasteiger partial charge in [0.1, 0.15) is 5.75 Å². The summed E-state index contributed by atoms with van der Waals surface area (Å²) in [4.78, 5) is 25.5. The SMILES string of the molecule is CN(CC(=O)NC(C)(C)C)C(=O)CSc1nnc(Nc2ccc(OC(F)(F)F)cc2)s1. The van der Waals surface area contributed by atoms with Crippen molar-refractivity contribution >= 4 is 45.7 Å². The zero-order valence-corrected chi connectivity index (χ0v) is 18.9. The largest absolute Gasteiger partial charge is 0.573 e. The van der Waals surface area contributed by atoms with Crippen LogP contribution in [0.3, 0.4) is 0 Å². The number of rotatable bonds is 8. The van der Waals surface area contributed by atoms with Crippen LogP contribution < -0.4 is 15.4 Å². The van der Waals surface area contributed by atoms with E-state index in [1.54, 1.807) is 7.05 Å². The van der Waals surface area contributed by atoms with E-state index < -0.39 is 6.36 Å². The van der Waals surface area contributed by atoms with Crippen molar-refractivity contribution in [2.24, 2.45) is 0 Å². The van der Waals surface area contributed by atoms with Gasteiger partial charge in [0.05, 0.1) is 12.3 Å². The number of benzene rings is 1. The van der Waals surface area contributed by atoms with E-state index in [1.165, 1.54) is 52.3 Å². The van der Waals surface area contributed by atoms with Crippen molar-refractivity contribution in [2.45, 2.75) is 37.0 Å². The van der Waals surface area contributed by atoms with Crippen molar-refractivity contribution in [2.75, 3.05) is 24.7 Å². The molecule has 0 aliphatic rings. The third-order valence-electron chi connectivity index (χ3n) is 3.39. The van der Waals surface area contributed by atoms with E-state index in [-0.39, 0.29) is 35.4 Å². The smallest absolute Gasteiger partial charge is 0.406 e. The summed E-state index contributed by atoms with van der Waals surface area (Å²) in [5.41, 5.74) is 0.125. The van der Waals surface area contributed by atoms with Gasteiger partial charge in [-0.25, -0.2) is 0 Å². The van der Waals surface area contributed by atoms with Crippen LogP contribution in [-0.4, -0.2) is 58.2 Å². The van der Waals surface area contributed by atoms with Gasteiger partial charge in [-0.2, -0.15) is 0 Å². The molecular weight excluding hydrogens is 455 g/mol. The lowest BCUT2D eigenvalue weighted by atomic mass is 10.1. The predicted octanol–water partition coefficient (Wildman–Crippen LogP) is 3.65. The van der Waals surface area contributed by atoms with Crippen molar-refractivity contribution < 1.29 is 27.5 Å². The lowest BCUT2D eigenvalue weighted by Crippen LogP contribution is -2.46. The van der Waals surface area contributed by atoms with E-state index >= 15 is 0 Å². The number of nitrogens with one attached hydrogen (secondary N) is 2. The molecule has 0 radical (unpaired) electrons. The molecule has 0 spiro atoms. The molecule has 0 aliphatic carbocycles. The van der Waals surface area contributed by atoms with Gasteiger partial charge in [0.25, 0.3) is 0 Å². The molecule has 0 saturated carbocycles. The van der Waals surface area contributed by atoms with Crippen molar-refractivity contribution in [3.63, 3.8) is 0 Å². The van der Waals surface area contributed by atoms with Gasteiger partial charge in [0.2, 0.25) is 16.9 Å². The first kappa shape index (κ1) is 24.7. The molecule has 170 valence electrons. The summed E-state index contributed by atoms with van der Waals surface area (Å²) in [6.45, 7) is 5.52. The van der Waals surface area contributed by atoms with Crippen LogP contribution in [-0.2, 0) is 9.59 Å². The maximum Gasteiger partial charge on any atom is 0.573 e. The number of carbonyl (C=O) groups is 2. The molecule has 1 aromatic heterocycles. The monoisotopic (exact) mass is 477 g/mol. The Labute approximate surface area is 185 Å². The van der Waals surface area contributed by atoms with Crippen molar-refractivity contribution in [3.8, 4) is 5.75 Å². The minimum absolute atomic E-state index is 0.0480. The molecule has 1 aromatic carbocycles. The van der Waals surface area contributed by atoms with Crippen LogP contribution in [0.4, 0.5) is 24.0 Å². The molecule has 8 nitrogen and oxygen atoms in total. The molecule has 2 aromatic rings. The molecule has 2 N–H and O–H groups in total. The van der Waals surface area contributed by atoms with Crippen LogP contribution in [0.15, 0.2) is 28.6 Å². The number of thioether (sulfide) groups is 1. The number of carbonyl (C=O) groups excluding carboxylic acids is 2. The molecule has 0 fully saturated rings. The van der Waals surface area contributed by atoms with E-state index in [2.05, 4.69) is 25.6 Å². The Balaban J connectivity index is 1.82. The minimum atomic E-state index is -4.75. The fraction of sp³-hybridized carbons (Fsp3) is 0.444. The van der Waals surface area contributed by atoms with E-state index in [4.69, 9.17) is 0 Å². The Kier molecular flexibility index (Phi) is 8.12. The first-order chi connectivity index (χ1) is 14.3. The highest BCUT2D eigenvalue weighted by atomic mass is 32.2. The number of anilines is 2. The summed E-state index contributed by atoms with van der Waals surface area (Å²) >= 11 is 2.36. The quantitative estimate of drug-likeness (QED) is 0.561. The van der Waals surface area contributed by atoms with Crippen LogP contribution in [0.25, 0.3) is 0 Å². The first-order valence-electron chi connectivity index (χ1n) is 8.95. The topological polar surface area (TPSA) is 96.5 Å². The molecule has 0 atom stereocenters. The number of hydrogen-bond acceptors (Lipinski definition) is 8. The number of aromatic nitrogens is 2. The first-order valence-corrected chi connectivity index (χ1v) is 10.7. The van der Waals surface area contributed by atoms with Gasteiger partial charge in [0, 0.05) is 18.3 Å². The molecule has 0 aliphatic heterocycles. The fourth-order valence-electron chi connectivity index (χ4n) is 2.18. The Morgan fingerprint density at radius 1 is 1.16 bits per heavy atom. The third kappa shape index (κ3) is 9.42. The Morgan fingerprint density at radius 3 is 2.39 bits per heavy atom. The second-order valence-electron chi connectivity index (χ2n) is 7.41. The molecule has 0 saturated heterocycles. The van der Waals surface area contributed by atoms with Crippen molar-refractivity contribution in [1.82, 2.24) is 20.4 Å². The number of halogens is 3. The van der Waals surface area contributed by atoms with Gasteiger partial charge in [-0.05, 0) is 45.0 Å². The maximum absolute atomic E-state index is 12.2. The number of nitrogens with zero attached hydrogens (tertiary/aromatic N) is 3. The van der Waals surface area contributed by atoms with Gasteiger partial charge < -0.3 is 20.3 Å². The van der Waals surface area contributed by atoms with Gasteiger partial charge in [-0.1, -0.05) is 23.1 Å². The van der Waals surface area contributed by atoms with E-state index in [1.807, 2.05) is 20.8 Å². The van der Waals surface area contributed by atoms with E-state index in [0.717, 1.165) is 0 Å². The summed E-state index contributed by atoms with van der Waals surface area (Å²) in [5, 5.41) is 14.0. The van der Waals surface area contributed by atoms with Crippen LogP contribution in [0.1, 0.15) is 20.8 Å². The zero-order valence-electron chi connectivity index (χ0n) is 17.2. The highest BCUT2D eigenvalue weighted by molar-refractivity contribution is 8.01. The highest BCUT2D eigenvalue weighted by Crippen LogP contribution is 2.29. The molecule has 0 bridgehead atoms. The van der Waals surface area contributed by atoms with E-state index in [9.17, 15) is 22.8 Å². The maximum atomic E-state index is 12.2. The van der Waals surface area contributed by atoms with Gasteiger partial charge >= 0.3 is 6.36 Å². The lowest BCUT2D eigenvalue weighted by Gasteiger charge is -2.23. The van der Waals surface area contributed by atoms with Crippen LogP contribution in [0, 0.1) is 0 Å². The summed E-state index contributed by atoms with van der Waals surface area (Å²) in [5.74, 6) is -0.732. The second kappa shape index (κ2) is 10.2. The lowest BCUT2D eigenvalue weighted by molar-refractivity contribution is -0.274. The Bertz CT molecular complexity index is 898. The zero-order chi connectivity index (χ0) is 23.2. The number of ether oxygens (including phenoxy) is 1. The average Bonchev–Trinajstić information content (AvgIpc) is 3.05. The molecular formula is C18H22F3N5O3S2. The number of amides is 2. The molecule has 2 amide bonds. The van der Waals surface area contributed by atoms with Crippen molar-refractivity contribution in [3.05, 3.63) is 24.3 Å². The number of hydrogen-bond donors (Lipinski definition) is 2. The van der Waals surface area contributed by atoms with Crippen LogP contribution >= 0.6 is 23.1 Å². The summed E-state index contributed by atoms with van der Waals surface area (Å²) in [6, 6.07) is 5.18. The predicted molar refractivity (Wildman–Crippen MR) is 113 cm³/mol. The number of likely N-dealkylation sites (N-methyl/N-ethyl adjacent to an activating group) is 1. The summed E-state index contributed by atoms with van der Waals surface area (Å²) in [6.07, 6.45) is -4.75. The van der Waals surface area contributed by atoms with E-state index in [0.29, 0.717) is 15.2 Å². The van der Waals surface area contributed by atoms with Crippen LogP contribution in [0.2, 0.25) is 0 Å². The normalized spacial score (nSPS) is 11.7. The Hall–Kier alpha value is -2.54. The highest BCUT2D eigenvalue weighted by Gasteiger charge is 2.31. The third-order valence-corrected chi connectivity index (χ3v) is 5.34. The average molecular weight is 478 g/mol. The minimum Gasteiger partial charge on any atom is -0.406 e. The molecule has 0 unspecified atom stereocenters. The van der Waals surface area contributed by atoms with Crippen molar-refractivity contribution in [1.29, 1.82) is 0 Å². The standard InChI is InChI=1S/C18H22F3N5O3S2/c1-17(2,3)23-13(27)9-26(4)14(28)10-30-16-25-24-15(31-16)22-11-5-7-12(8-6-11)29-18(19,20)21/h5-8H,9-10H2,1-4H3,(H,22,24)(H,23,27). The number of alkyl halides is 3. The van der Waals surface area contributed by atoms with Crippen LogP contribution in [0.5, 0.6) is 5.75 Å². The second-order valence-corrected chi connectivity index (χ2v) is 9.61. The fourth-order valence-corrected chi connectivity index (χ4v) is 3.89. The molecule has 1 heterocycles. The Morgan fingerprint density at radius 2 is 1.81 bits per heavy atom. The molecule has 13 heteroatoms. The molecule has 2 rings (SSSR count). The van der Waals surface area contributed by atoms with Gasteiger partial charge in [-0.3, -0.25) is 9.59 Å². The van der Waals surface area contributed by atoms with Gasteiger partial charge in [0.15, 0.2) is 4.34 Å². The molecule has 31 heavy (non-hydrogen) atoms. The van der Waals surface area contributed by atoms with Gasteiger partial charge in [-0.15, -0.1) is 23.4 Å². The summed E-state index contributed by atoms with van der Waals surface area (Å²) in [7, 11) is 1.55. The summed E-state index contributed by atoms with van der Waals surface area (Å²) < 4.78 is 40.9.